The zero-order valence-corrected chi connectivity index (χ0v) is 12.7. The Bertz CT molecular complexity index is 668. The minimum atomic E-state index is -0.922. The summed E-state index contributed by atoms with van der Waals surface area (Å²) in [7, 11) is 0. The SMILES string of the molecule is CC(CN(C(=O)c1ccc2c(c1)NC(=O)CO2)C1CC1)C(=O)O. The lowest BCUT2D eigenvalue weighted by molar-refractivity contribution is -0.141. The Balaban J connectivity index is 1.81. The highest BCUT2D eigenvalue weighted by molar-refractivity contribution is 6.00. The Hall–Kier alpha value is -2.57. The normalized spacial score (nSPS) is 17.5. The summed E-state index contributed by atoms with van der Waals surface area (Å²) in [6.45, 7) is 1.73. The molecule has 0 aromatic heterocycles. The minimum Gasteiger partial charge on any atom is -0.482 e. The fraction of sp³-hybridized carbons (Fsp3) is 0.438. The van der Waals surface area contributed by atoms with Gasteiger partial charge in [0.15, 0.2) is 6.61 Å². The number of benzene rings is 1. The van der Waals surface area contributed by atoms with Gasteiger partial charge >= 0.3 is 5.97 Å². The van der Waals surface area contributed by atoms with Gasteiger partial charge in [0.2, 0.25) is 0 Å². The van der Waals surface area contributed by atoms with Gasteiger partial charge in [0.25, 0.3) is 11.8 Å². The summed E-state index contributed by atoms with van der Waals surface area (Å²) in [4.78, 5) is 36.8. The van der Waals surface area contributed by atoms with Crippen molar-refractivity contribution in [2.75, 3.05) is 18.5 Å². The second kappa shape index (κ2) is 5.91. The molecule has 1 aromatic carbocycles. The average Bonchev–Trinajstić information content (AvgIpc) is 3.35. The lowest BCUT2D eigenvalue weighted by Crippen LogP contribution is -2.38. The van der Waals surface area contributed by atoms with E-state index in [1.54, 1.807) is 30.0 Å². The second-order valence-electron chi connectivity index (χ2n) is 5.98. The van der Waals surface area contributed by atoms with Crippen molar-refractivity contribution in [3.05, 3.63) is 23.8 Å². The molecular formula is C16H18N2O5. The van der Waals surface area contributed by atoms with E-state index in [1.807, 2.05) is 0 Å². The molecular weight excluding hydrogens is 300 g/mol. The molecule has 2 amide bonds. The van der Waals surface area contributed by atoms with Crippen LogP contribution < -0.4 is 10.1 Å². The van der Waals surface area contributed by atoms with Crippen molar-refractivity contribution in [1.29, 1.82) is 0 Å². The number of carboxylic acids is 1. The summed E-state index contributed by atoms with van der Waals surface area (Å²) in [6, 6.07) is 4.97. The molecule has 1 aromatic rings. The number of nitrogens with zero attached hydrogens (tertiary/aromatic N) is 1. The predicted molar refractivity (Wildman–Crippen MR) is 81.4 cm³/mol. The standard InChI is InChI=1S/C16H18N2O5/c1-9(16(21)22)7-18(11-3-4-11)15(20)10-2-5-13-12(6-10)17-14(19)8-23-13/h2,5-6,9,11H,3-4,7-8H2,1H3,(H,17,19)(H,21,22). The number of anilines is 1. The van der Waals surface area contributed by atoms with E-state index in [4.69, 9.17) is 9.84 Å². The molecule has 7 heteroatoms. The molecule has 0 spiro atoms. The van der Waals surface area contributed by atoms with Gasteiger partial charge in [0, 0.05) is 18.2 Å². The zero-order chi connectivity index (χ0) is 16.6. The summed E-state index contributed by atoms with van der Waals surface area (Å²) >= 11 is 0. The van der Waals surface area contributed by atoms with Gasteiger partial charge in [-0.2, -0.15) is 0 Å². The molecule has 1 saturated carbocycles. The smallest absolute Gasteiger partial charge is 0.308 e. The first kappa shape index (κ1) is 15.3. The number of ether oxygens (including phenoxy) is 1. The molecule has 3 rings (SSSR count). The molecule has 0 radical (unpaired) electrons. The van der Waals surface area contributed by atoms with Crippen molar-refractivity contribution < 1.29 is 24.2 Å². The molecule has 2 N–H and O–H groups in total. The Morgan fingerprint density at radius 3 is 2.83 bits per heavy atom. The highest BCUT2D eigenvalue weighted by atomic mass is 16.5. The molecule has 122 valence electrons. The van der Waals surface area contributed by atoms with Crippen LogP contribution in [0.4, 0.5) is 5.69 Å². The van der Waals surface area contributed by atoms with Crippen molar-refractivity contribution in [3.8, 4) is 5.75 Å². The number of fused-ring (bicyclic) bond motifs is 1. The maximum atomic E-state index is 12.7. The summed E-state index contributed by atoms with van der Waals surface area (Å²) < 4.78 is 5.27. The molecule has 0 saturated heterocycles. The molecule has 1 aliphatic heterocycles. The van der Waals surface area contributed by atoms with Crippen LogP contribution in [-0.4, -0.2) is 47.0 Å². The van der Waals surface area contributed by atoms with E-state index in [-0.39, 0.29) is 31.0 Å². The predicted octanol–water partition coefficient (Wildman–Crippen LogP) is 1.34. The van der Waals surface area contributed by atoms with Crippen molar-refractivity contribution in [3.63, 3.8) is 0 Å². The fourth-order valence-corrected chi connectivity index (χ4v) is 2.54. The van der Waals surface area contributed by atoms with Gasteiger partial charge in [0.1, 0.15) is 5.75 Å². The Morgan fingerprint density at radius 1 is 1.43 bits per heavy atom. The van der Waals surface area contributed by atoms with Crippen LogP contribution in [0, 0.1) is 5.92 Å². The van der Waals surface area contributed by atoms with Gasteiger partial charge in [-0.1, -0.05) is 6.92 Å². The van der Waals surface area contributed by atoms with Gasteiger partial charge in [-0.25, -0.2) is 0 Å². The van der Waals surface area contributed by atoms with Crippen LogP contribution in [0.1, 0.15) is 30.1 Å². The Labute approximate surface area is 133 Å². The van der Waals surface area contributed by atoms with Crippen LogP contribution >= 0.6 is 0 Å². The van der Waals surface area contributed by atoms with Crippen LogP contribution in [0.25, 0.3) is 0 Å². The third-order valence-electron chi connectivity index (χ3n) is 4.00. The summed E-state index contributed by atoms with van der Waals surface area (Å²) in [5.41, 5.74) is 0.883. The van der Waals surface area contributed by atoms with Crippen molar-refractivity contribution >= 4 is 23.5 Å². The summed E-state index contributed by atoms with van der Waals surface area (Å²) in [5.74, 6) is -1.50. The molecule has 1 unspecified atom stereocenters. The number of carboxylic acid groups (broad SMARTS) is 1. The monoisotopic (exact) mass is 318 g/mol. The first-order chi connectivity index (χ1) is 11.0. The first-order valence-electron chi connectivity index (χ1n) is 7.56. The van der Waals surface area contributed by atoms with E-state index in [1.165, 1.54) is 0 Å². The van der Waals surface area contributed by atoms with E-state index >= 15 is 0 Å². The minimum absolute atomic E-state index is 0.0371. The van der Waals surface area contributed by atoms with Crippen LogP contribution in [0.5, 0.6) is 5.75 Å². The molecule has 1 aliphatic carbocycles. The molecule has 23 heavy (non-hydrogen) atoms. The maximum absolute atomic E-state index is 12.7. The highest BCUT2D eigenvalue weighted by Crippen LogP contribution is 2.32. The van der Waals surface area contributed by atoms with Crippen LogP contribution in [0.2, 0.25) is 0 Å². The zero-order valence-electron chi connectivity index (χ0n) is 12.7. The average molecular weight is 318 g/mol. The lowest BCUT2D eigenvalue weighted by Gasteiger charge is -2.25. The number of carbonyl (C=O) groups excluding carboxylic acids is 2. The molecule has 0 bridgehead atoms. The van der Waals surface area contributed by atoms with Gasteiger partial charge in [0.05, 0.1) is 11.6 Å². The maximum Gasteiger partial charge on any atom is 0.308 e. The van der Waals surface area contributed by atoms with Gasteiger partial charge < -0.3 is 20.1 Å². The number of hydrogen-bond acceptors (Lipinski definition) is 4. The van der Waals surface area contributed by atoms with Crippen molar-refractivity contribution in [2.24, 2.45) is 5.92 Å². The summed E-state index contributed by atoms with van der Waals surface area (Å²) in [6.07, 6.45) is 1.78. The lowest BCUT2D eigenvalue weighted by atomic mass is 10.1. The number of rotatable bonds is 5. The third kappa shape index (κ3) is 3.28. The quantitative estimate of drug-likeness (QED) is 0.854. The van der Waals surface area contributed by atoms with Crippen molar-refractivity contribution in [2.45, 2.75) is 25.8 Å². The topological polar surface area (TPSA) is 95.9 Å². The first-order valence-corrected chi connectivity index (χ1v) is 7.56. The third-order valence-corrected chi connectivity index (χ3v) is 4.00. The van der Waals surface area contributed by atoms with E-state index in [2.05, 4.69) is 5.32 Å². The van der Waals surface area contributed by atoms with Gasteiger partial charge in [-0.15, -0.1) is 0 Å². The van der Waals surface area contributed by atoms with Crippen molar-refractivity contribution in [1.82, 2.24) is 4.90 Å². The number of hydrogen-bond donors (Lipinski definition) is 2. The van der Waals surface area contributed by atoms with E-state index in [0.717, 1.165) is 12.8 Å². The van der Waals surface area contributed by atoms with Crippen LogP contribution in [0.15, 0.2) is 18.2 Å². The largest absolute Gasteiger partial charge is 0.482 e. The van der Waals surface area contributed by atoms with E-state index in [9.17, 15) is 14.4 Å². The fourth-order valence-electron chi connectivity index (χ4n) is 2.54. The molecule has 1 heterocycles. The summed E-state index contributed by atoms with van der Waals surface area (Å²) in [5, 5.41) is 11.7. The molecule has 1 atom stereocenters. The van der Waals surface area contributed by atoms with Crippen LogP contribution in [-0.2, 0) is 9.59 Å². The Kier molecular flexibility index (Phi) is 3.94. The second-order valence-corrected chi connectivity index (χ2v) is 5.98. The van der Waals surface area contributed by atoms with Crippen LogP contribution in [0.3, 0.4) is 0 Å². The highest BCUT2D eigenvalue weighted by Gasteiger charge is 2.35. The van der Waals surface area contributed by atoms with Gasteiger partial charge in [-0.3, -0.25) is 14.4 Å². The number of nitrogens with one attached hydrogen (secondary N) is 1. The van der Waals surface area contributed by atoms with E-state index in [0.29, 0.717) is 17.0 Å². The van der Waals surface area contributed by atoms with E-state index < -0.39 is 11.9 Å². The number of carbonyl (C=O) groups is 3. The molecule has 2 aliphatic rings. The number of aliphatic carboxylic acids is 1. The Morgan fingerprint density at radius 2 is 2.17 bits per heavy atom. The van der Waals surface area contributed by atoms with Gasteiger partial charge in [-0.05, 0) is 31.0 Å². The molecule has 1 fully saturated rings. The number of amides is 2. The molecule has 7 nitrogen and oxygen atoms in total.